The number of hydrogen-bond acceptors (Lipinski definition) is 6. The maximum Gasteiger partial charge on any atom is 0.270 e. The summed E-state index contributed by atoms with van der Waals surface area (Å²) in [7, 11) is 3.79. The van der Waals surface area contributed by atoms with Crippen LogP contribution in [0.2, 0.25) is 0 Å². The summed E-state index contributed by atoms with van der Waals surface area (Å²) in [4.78, 5) is 22.1. The molecule has 5 rings (SSSR count). The van der Waals surface area contributed by atoms with Crippen LogP contribution < -0.4 is 14.8 Å². The van der Waals surface area contributed by atoms with Gasteiger partial charge in [-0.05, 0) is 48.4 Å². The predicted octanol–water partition coefficient (Wildman–Crippen LogP) is 5.15. The van der Waals surface area contributed by atoms with Crippen LogP contribution in [0.5, 0.6) is 17.4 Å². The number of aryl methyl sites for hydroxylation is 1. The third kappa shape index (κ3) is 5.75. The predicted molar refractivity (Wildman–Crippen MR) is 150 cm³/mol. The van der Waals surface area contributed by atoms with E-state index in [1.807, 2.05) is 72.1 Å². The van der Waals surface area contributed by atoms with E-state index in [-0.39, 0.29) is 5.91 Å². The van der Waals surface area contributed by atoms with E-state index in [0.717, 1.165) is 55.0 Å². The maximum atomic E-state index is 13.4. The molecule has 1 amide bonds. The molecule has 8 nitrogen and oxygen atoms in total. The number of amides is 1. The summed E-state index contributed by atoms with van der Waals surface area (Å²) in [5, 5.41) is 4.05. The van der Waals surface area contributed by atoms with Gasteiger partial charge in [0, 0.05) is 64.3 Å². The van der Waals surface area contributed by atoms with Gasteiger partial charge in [0.2, 0.25) is 5.88 Å². The molecule has 0 unspecified atom stereocenters. The Balaban J connectivity index is 1.20. The zero-order valence-electron chi connectivity index (χ0n) is 22.3. The smallest absolute Gasteiger partial charge is 0.270 e. The standard InChI is InChI=1S/C30H35N5O3/c1-4-17-37-25-9-5-22(6-10-25)21-34-13-15-35(16-14-34)30(36)28-18-23-7-11-26(19-27(23)33(28)3)38-29-12-8-24(31-2)20-32-29/h5-12,18-20,31H,4,13-17,21H2,1-3H3. The summed E-state index contributed by atoms with van der Waals surface area (Å²) in [6.07, 6.45) is 2.73. The van der Waals surface area contributed by atoms with E-state index in [4.69, 9.17) is 9.47 Å². The number of carbonyl (C=O) groups excluding carboxylic acids is 1. The van der Waals surface area contributed by atoms with Crippen molar-refractivity contribution in [1.29, 1.82) is 0 Å². The monoisotopic (exact) mass is 513 g/mol. The molecule has 0 saturated carbocycles. The fourth-order valence-electron chi connectivity index (χ4n) is 4.73. The number of carbonyl (C=O) groups is 1. The second kappa shape index (κ2) is 11.6. The Morgan fingerprint density at radius 1 is 0.974 bits per heavy atom. The molecule has 1 saturated heterocycles. The minimum Gasteiger partial charge on any atom is -0.494 e. The highest BCUT2D eigenvalue weighted by atomic mass is 16.5. The molecule has 0 spiro atoms. The Morgan fingerprint density at radius 2 is 1.74 bits per heavy atom. The maximum absolute atomic E-state index is 13.4. The molecule has 4 aromatic rings. The number of benzene rings is 2. The van der Waals surface area contributed by atoms with Crippen molar-refractivity contribution in [2.24, 2.45) is 7.05 Å². The zero-order valence-corrected chi connectivity index (χ0v) is 22.3. The van der Waals surface area contributed by atoms with Crippen LogP contribution in [0.4, 0.5) is 5.69 Å². The van der Waals surface area contributed by atoms with Crippen molar-refractivity contribution < 1.29 is 14.3 Å². The molecule has 1 aliphatic rings. The van der Waals surface area contributed by atoms with Gasteiger partial charge in [-0.3, -0.25) is 9.69 Å². The van der Waals surface area contributed by atoms with Crippen molar-refractivity contribution >= 4 is 22.5 Å². The van der Waals surface area contributed by atoms with Crippen molar-refractivity contribution in [3.05, 3.63) is 78.1 Å². The minimum absolute atomic E-state index is 0.0626. The van der Waals surface area contributed by atoms with E-state index in [1.165, 1.54) is 5.56 Å². The van der Waals surface area contributed by atoms with Crippen LogP contribution in [0.25, 0.3) is 10.9 Å². The molecule has 1 aliphatic heterocycles. The number of ether oxygens (including phenoxy) is 2. The average Bonchev–Trinajstić information content (AvgIpc) is 3.28. The first-order valence-corrected chi connectivity index (χ1v) is 13.2. The summed E-state index contributed by atoms with van der Waals surface area (Å²) in [5.41, 5.74) is 3.81. The molecule has 38 heavy (non-hydrogen) atoms. The van der Waals surface area contributed by atoms with Crippen LogP contribution >= 0.6 is 0 Å². The van der Waals surface area contributed by atoms with E-state index in [0.29, 0.717) is 30.4 Å². The van der Waals surface area contributed by atoms with Crippen molar-refractivity contribution in [3.63, 3.8) is 0 Å². The quantitative estimate of drug-likeness (QED) is 0.334. The Kier molecular flexibility index (Phi) is 7.79. The fourth-order valence-corrected chi connectivity index (χ4v) is 4.73. The number of pyridine rings is 1. The lowest BCUT2D eigenvalue weighted by atomic mass is 10.2. The van der Waals surface area contributed by atoms with Gasteiger partial charge >= 0.3 is 0 Å². The number of hydrogen-bond donors (Lipinski definition) is 1. The van der Waals surface area contributed by atoms with Crippen molar-refractivity contribution in [1.82, 2.24) is 19.4 Å². The zero-order chi connectivity index (χ0) is 26.5. The van der Waals surface area contributed by atoms with Gasteiger partial charge in [-0.15, -0.1) is 0 Å². The second-order valence-electron chi connectivity index (χ2n) is 9.61. The van der Waals surface area contributed by atoms with Crippen LogP contribution in [0.3, 0.4) is 0 Å². The third-order valence-corrected chi connectivity index (χ3v) is 6.95. The highest BCUT2D eigenvalue weighted by Crippen LogP contribution is 2.28. The normalized spacial score (nSPS) is 14.0. The number of aromatic nitrogens is 2. The average molecular weight is 514 g/mol. The largest absolute Gasteiger partial charge is 0.494 e. The van der Waals surface area contributed by atoms with Gasteiger partial charge in [0.05, 0.1) is 24.0 Å². The van der Waals surface area contributed by atoms with Crippen LogP contribution in [0.1, 0.15) is 29.4 Å². The molecule has 0 radical (unpaired) electrons. The van der Waals surface area contributed by atoms with Gasteiger partial charge in [-0.1, -0.05) is 19.1 Å². The Morgan fingerprint density at radius 3 is 2.42 bits per heavy atom. The first kappa shape index (κ1) is 25.6. The Hall–Kier alpha value is -4.04. The van der Waals surface area contributed by atoms with Crippen LogP contribution in [-0.2, 0) is 13.6 Å². The number of fused-ring (bicyclic) bond motifs is 1. The van der Waals surface area contributed by atoms with Gasteiger partial charge in [0.15, 0.2) is 0 Å². The van der Waals surface area contributed by atoms with Crippen LogP contribution in [0.15, 0.2) is 66.9 Å². The minimum atomic E-state index is 0.0626. The van der Waals surface area contributed by atoms with Crippen LogP contribution in [-0.4, -0.2) is 65.1 Å². The molecule has 8 heteroatoms. The van der Waals surface area contributed by atoms with Crippen molar-refractivity contribution in [3.8, 4) is 17.4 Å². The summed E-state index contributed by atoms with van der Waals surface area (Å²) < 4.78 is 13.6. The topological polar surface area (TPSA) is 71.9 Å². The lowest BCUT2D eigenvalue weighted by Crippen LogP contribution is -2.48. The second-order valence-corrected chi connectivity index (χ2v) is 9.61. The molecule has 0 aliphatic carbocycles. The molecule has 1 fully saturated rings. The number of nitrogens with one attached hydrogen (secondary N) is 1. The SMILES string of the molecule is CCCOc1ccc(CN2CCN(C(=O)c3cc4ccc(Oc5ccc(NC)cn5)cc4n3C)CC2)cc1. The van der Waals surface area contributed by atoms with Crippen LogP contribution in [0, 0.1) is 0 Å². The molecule has 2 aromatic carbocycles. The van der Waals surface area contributed by atoms with E-state index < -0.39 is 0 Å². The third-order valence-electron chi connectivity index (χ3n) is 6.95. The van der Waals surface area contributed by atoms with Gasteiger partial charge in [0.25, 0.3) is 5.91 Å². The number of piperazine rings is 1. The molecule has 0 bridgehead atoms. The number of nitrogens with zero attached hydrogens (tertiary/aromatic N) is 4. The van der Waals surface area contributed by atoms with Gasteiger partial charge in [-0.25, -0.2) is 4.98 Å². The highest BCUT2D eigenvalue weighted by Gasteiger charge is 2.25. The van der Waals surface area contributed by atoms with Gasteiger partial charge in [0.1, 0.15) is 17.2 Å². The summed E-state index contributed by atoms with van der Waals surface area (Å²) in [6, 6.07) is 19.9. The summed E-state index contributed by atoms with van der Waals surface area (Å²) in [5.74, 6) is 2.18. The fraction of sp³-hybridized carbons (Fsp3) is 0.333. The van der Waals surface area contributed by atoms with Gasteiger partial charge < -0.3 is 24.3 Å². The lowest BCUT2D eigenvalue weighted by Gasteiger charge is -2.34. The molecule has 0 atom stereocenters. The molecule has 1 N–H and O–H groups in total. The molecule has 198 valence electrons. The summed E-state index contributed by atoms with van der Waals surface area (Å²) in [6.45, 7) is 6.83. The number of rotatable bonds is 9. The van der Waals surface area contributed by atoms with Gasteiger partial charge in [-0.2, -0.15) is 0 Å². The molecular weight excluding hydrogens is 478 g/mol. The first-order chi connectivity index (χ1) is 18.5. The first-order valence-electron chi connectivity index (χ1n) is 13.2. The number of anilines is 1. The van der Waals surface area contributed by atoms with E-state index in [2.05, 4.69) is 34.3 Å². The van der Waals surface area contributed by atoms with Crippen molar-refractivity contribution in [2.45, 2.75) is 19.9 Å². The Bertz CT molecular complexity index is 1370. The highest BCUT2D eigenvalue weighted by molar-refractivity contribution is 5.99. The lowest BCUT2D eigenvalue weighted by molar-refractivity contribution is 0.0619. The van der Waals surface area contributed by atoms with E-state index in [1.54, 1.807) is 6.20 Å². The molecule has 3 heterocycles. The molecule has 2 aromatic heterocycles. The van der Waals surface area contributed by atoms with Crippen molar-refractivity contribution in [2.75, 3.05) is 45.2 Å². The van der Waals surface area contributed by atoms with E-state index in [9.17, 15) is 4.79 Å². The summed E-state index contributed by atoms with van der Waals surface area (Å²) >= 11 is 0. The Labute approximate surface area is 223 Å². The van der Waals surface area contributed by atoms with E-state index >= 15 is 0 Å². The molecular formula is C30H35N5O3.